The van der Waals surface area contributed by atoms with Crippen molar-refractivity contribution in [1.29, 1.82) is 0 Å². The first-order chi connectivity index (χ1) is 8.34. The van der Waals surface area contributed by atoms with Crippen molar-refractivity contribution in [3.8, 4) is 0 Å². The third kappa shape index (κ3) is 2.86. The predicted molar refractivity (Wildman–Crippen MR) is 80.6 cm³/mol. The summed E-state index contributed by atoms with van der Waals surface area (Å²) >= 11 is 10.1. The van der Waals surface area contributed by atoms with E-state index in [1.807, 2.05) is 35.7 Å². The summed E-state index contributed by atoms with van der Waals surface area (Å²) in [6.45, 7) is 0. The van der Waals surface area contributed by atoms with Crippen LogP contribution in [0.5, 0.6) is 0 Å². The van der Waals surface area contributed by atoms with E-state index in [0.717, 1.165) is 10.9 Å². The van der Waals surface area contributed by atoms with E-state index in [4.69, 9.17) is 11.6 Å². The second kappa shape index (κ2) is 5.29. The van der Waals surface area contributed by atoms with Crippen LogP contribution >= 0.6 is 35.1 Å². The van der Waals surface area contributed by atoms with Gasteiger partial charge in [-0.3, -0.25) is 0 Å². The Balaban J connectivity index is 1.96. The van der Waals surface area contributed by atoms with E-state index in [1.165, 1.54) is 36.3 Å². The molecule has 0 spiro atoms. The van der Waals surface area contributed by atoms with Crippen LogP contribution in [0.2, 0.25) is 5.02 Å². The minimum atomic E-state index is 0.810. The van der Waals surface area contributed by atoms with Crippen molar-refractivity contribution < 1.29 is 0 Å². The molecule has 17 heavy (non-hydrogen) atoms. The smallest absolute Gasteiger partial charge is 0.0442 e. The topological polar surface area (TPSA) is 0 Å². The second-order valence-corrected chi connectivity index (χ2v) is 7.44. The van der Waals surface area contributed by atoms with Gasteiger partial charge in [-0.2, -0.15) is 0 Å². The van der Waals surface area contributed by atoms with Crippen LogP contribution in [0.1, 0.15) is 24.8 Å². The Kier molecular flexibility index (Phi) is 3.74. The van der Waals surface area contributed by atoms with Crippen molar-refractivity contribution in [3.05, 3.63) is 39.1 Å². The molecule has 1 aromatic carbocycles. The number of hydrogen-bond acceptors (Lipinski definition) is 2. The molecule has 0 aromatic heterocycles. The third-order valence-electron chi connectivity index (χ3n) is 3.12. The van der Waals surface area contributed by atoms with E-state index in [-0.39, 0.29) is 0 Å². The lowest BCUT2D eigenvalue weighted by atomic mass is 10.0. The van der Waals surface area contributed by atoms with Gasteiger partial charge in [0.1, 0.15) is 0 Å². The summed E-state index contributed by atoms with van der Waals surface area (Å²) in [7, 11) is 0. The molecule has 0 atom stereocenters. The fourth-order valence-corrected chi connectivity index (χ4v) is 5.08. The Hall–Kier alpha value is -0.0500. The maximum Gasteiger partial charge on any atom is 0.0442 e. The molecule has 0 unspecified atom stereocenters. The minimum absolute atomic E-state index is 0.810. The van der Waals surface area contributed by atoms with Crippen molar-refractivity contribution in [2.45, 2.75) is 19.3 Å². The van der Waals surface area contributed by atoms with Gasteiger partial charge in [0.25, 0.3) is 0 Å². The van der Waals surface area contributed by atoms with Crippen LogP contribution in [0.4, 0.5) is 0 Å². The largest absolute Gasteiger partial charge is 0.119 e. The first kappa shape index (κ1) is 12.0. The van der Waals surface area contributed by atoms with E-state index in [1.54, 1.807) is 9.81 Å². The molecular weight excluding hydrogens is 268 g/mol. The van der Waals surface area contributed by atoms with Crippen LogP contribution in [0.25, 0.3) is 5.57 Å². The van der Waals surface area contributed by atoms with Crippen LogP contribution in [0.15, 0.2) is 28.5 Å². The van der Waals surface area contributed by atoms with Gasteiger partial charge in [-0.15, -0.1) is 23.5 Å². The molecule has 0 N–H and O–H groups in total. The fourth-order valence-electron chi connectivity index (χ4n) is 2.11. The normalized spacial score (nSPS) is 20.4. The molecule has 0 radical (unpaired) electrons. The number of hydrogen-bond donors (Lipinski definition) is 0. The SMILES string of the molecule is Clc1ccc(C(=C2SCCCS2)C2CC2)cc1. The van der Waals surface area contributed by atoms with E-state index in [9.17, 15) is 0 Å². The summed E-state index contributed by atoms with van der Waals surface area (Å²) in [6, 6.07) is 8.38. The molecule has 2 aliphatic rings. The Bertz CT molecular complexity index is 424. The summed E-state index contributed by atoms with van der Waals surface area (Å²) in [6.07, 6.45) is 4.07. The van der Waals surface area contributed by atoms with Crippen LogP contribution in [0.3, 0.4) is 0 Å². The van der Waals surface area contributed by atoms with Gasteiger partial charge < -0.3 is 0 Å². The lowest BCUT2D eigenvalue weighted by molar-refractivity contribution is 1.12. The van der Waals surface area contributed by atoms with Gasteiger partial charge in [-0.05, 0) is 60.0 Å². The second-order valence-electron chi connectivity index (χ2n) is 4.53. The minimum Gasteiger partial charge on any atom is -0.119 e. The van der Waals surface area contributed by atoms with Crippen molar-refractivity contribution in [2.24, 2.45) is 5.92 Å². The zero-order chi connectivity index (χ0) is 11.7. The molecule has 1 heterocycles. The molecule has 0 bridgehead atoms. The number of allylic oxidation sites excluding steroid dienone is 1. The van der Waals surface area contributed by atoms with Crippen molar-refractivity contribution in [2.75, 3.05) is 11.5 Å². The monoisotopic (exact) mass is 282 g/mol. The summed E-state index contributed by atoms with van der Waals surface area (Å²) in [5.41, 5.74) is 2.98. The van der Waals surface area contributed by atoms with Crippen LogP contribution in [-0.4, -0.2) is 11.5 Å². The van der Waals surface area contributed by atoms with Crippen molar-refractivity contribution in [1.82, 2.24) is 0 Å². The first-order valence-corrected chi connectivity index (χ1v) is 8.45. The van der Waals surface area contributed by atoms with Gasteiger partial charge in [-0.25, -0.2) is 0 Å². The molecule has 3 rings (SSSR count). The van der Waals surface area contributed by atoms with E-state index in [2.05, 4.69) is 12.1 Å². The summed E-state index contributed by atoms with van der Waals surface area (Å²) in [5.74, 6) is 3.38. The average Bonchev–Trinajstić information content (AvgIpc) is 3.18. The van der Waals surface area contributed by atoms with Gasteiger partial charge in [0.2, 0.25) is 0 Å². The third-order valence-corrected chi connectivity index (χ3v) is 6.02. The van der Waals surface area contributed by atoms with Gasteiger partial charge in [-0.1, -0.05) is 23.7 Å². The zero-order valence-electron chi connectivity index (χ0n) is 9.62. The summed E-state index contributed by atoms with van der Waals surface area (Å²) in [5, 5.41) is 0.831. The van der Waals surface area contributed by atoms with E-state index < -0.39 is 0 Å². The molecule has 1 aromatic rings. The Morgan fingerprint density at radius 1 is 1.06 bits per heavy atom. The van der Waals surface area contributed by atoms with Crippen molar-refractivity contribution >= 4 is 40.7 Å². The lowest BCUT2D eigenvalue weighted by Gasteiger charge is -2.18. The van der Waals surface area contributed by atoms with Crippen LogP contribution in [-0.2, 0) is 0 Å². The van der Waals surface area contributed by atoms with Crippen molar-refractivity contribution in [3.63, 3.8) is 0 Å². The Morgan fingerprint density at radius 3 is 2.29 bits per heavy atom. The van der Waals surface area contributed by atoms with Crippen LogP contribution in [0, 0.1) is 5.92 Å². The molecule has 1 aliphatic carbocycles. The van der Waals surface area contributed by atoms with E-state index in [0.29, 0.717) is 0 Å². The molecule has 1 saturated heterocycles. The number of thioether (sulfide) groups is 2. The number of benzene rings is 1. The number of halogens is 1. The average molecular weight is 283 g/mol. The molecule has 2 fully saturated rings. The molecule has 90 valence electrons. The fraction of sp³-hybridized carbons (Fsp3) is 0.429. The maximum atomic E-state index is 5.97. The lowest BCUT2D eigenvalue weighted by Crippen LogP contribution is -1.97. The summed E-state index contributed by atoms with van der Waals surface area (Å²) in [4.78, 5) is 0. The zero-order valence-corrected chi connectivity index (χ0v) is 12.0. The van der Waals surface area contributed by atoms with Gasteiger partial charge in [0, 0.05) is 9.26 Å². The molecular formula is C14H15ClS2. The molecule has 1 saturated carbocycles. The standard InChI is InChI=1S/C14H15ClS2/c15-12-6-4-11(5-7-12)13(10-2-3-10)14-16-8-1-9-17-14/h4-7,10H,1-3,8-9H2. The molecule has 0 nitrogen and oxygen atoms in total. The molecule has 1 aliphatic heterocycles. The quantitative estimate of drug-likeness (QED) is 0.723. The maximum absolute atomic E-state index is 5.97. The first-order valence-electron chi connectivity index (χ1n) is 6.10. The number of rotatable bonds is 2. The van der Waals surface area contributed by atoms with Gasteiger partial charge in [0.05, 0.1) is 0 Å². The summed E-state index contributed by atoms with van der Waals surface area (Å²) < 4.78 is 1.57. The Labute approximate surface area is 116 Å². The van der Waals surface area contributed by atoms with Gasteiger partial charge >= 0.3 is 0 Å². The highest BCUT2D eigenvalue weighted by Crippen LogP contribution is 2.50. The molecule has 0 amide bonds. The Morgan fingerprint density at radius 2 is 1.71 bits per heavy atom. The van der Waals surface area contributed by atoms with Gasteiger partial charge in [0.15, 0.2) is 0 Å². The predicted octanol–water partition coefficient (Wildman–Crippen LogP) is 5.29. The highest BCUT2D eigenvalue weighted by atomic mass is 35.5. The highest BCUT2D eigenvalue weighted by molar-refractivity contribution is 8.23. The molecule has 3 heteroatoms. The van der Waals surface area contributed by atoms with Crippen LogP contribution < -0.4 is 0 Å². The van der Waals surface area contributed by atoms with E-state index >= 15 is 0 Å². The highest BCUT2D eigenvalue weighted by Gasteiger charge is 2.30.